The molecule has 2 N–H and O–H groups in total. The summed E-state index contributed by atoms with van der Waals surface area (Å²) in [5.74, 6) is 0.954. The van der Waals surface area contributed by atoms with Crippen molar-refractivity contribution in [2.45, 2.75) is 66.0 Å². The van der Waals surface area contributed by atoms with Gasteiger partial charge in [0.25, 0.3) is 0 Å². The van der Waals surface area contributed by atoms with Crippen LogP contribution in [0.4, 0.5) is 0 Å². The summed E-state index contributed by atoms with van der Waals surface area (Å²) in [4.78, 5) is 19.4. The number of nitrogens with one attached hydrogen (secondary N) is 2. The molecule has 2 aromatic rings. The van der Waals surface area contributed by atoms with Crippen molar-refractivity contribution in [3.05, 3.63) is 47.3 Å². The van der Waals surface area contributed by atoms with Crippen LogP contribution in [0.15, 0.2) is 35.3 Å². The first-order chi connectivity index (χ1) is 15.0. The molecule has 1 aliphatic rings. The molecule has 7 heteroatoms. The molecule has 0 spiro atoms. The number of rotatable bonds is 7. The molecule has 31 heavy (non-hydrogen) atoms. The summed E-state index contributed by atoms with van der Waals surface area (Å²) in [6.07, 6.45) is 3.93. The number of nitrogens with zero attached hydrogens (tertiary/aromatic N) is 4. The number of aliphatic imine (C=N–C) groups is 1. The fraction of sp³-hybridized carbons (Fsp3) is 0.542. The van der Waals surface area contributed by atoms with Gasteiger partial charge in [-0.25, -0.2) is 9.67 Å². The van der Waals surface area contributed by atoms with Gasteiger partial charge in [-0.05, 0) is 64.7 Å². The van der Waals surface area contributed by atoms with Crippen molar-refractivity contribution in [1.29, 1.82) is 0 Å². The molecule has 0 aliphatic carbocycles. The van der Waals surface area contributed by atoms with Crippen molar-refractivity contribution >= 4 is 11.9 Å². The molecule has 1 amide bonds. The van der Waals surface area contributed by atoms with Crippen molar-refractivity contribution in [3.8, 4) is 5.69 Å². The van der Waals surface area contributed by atoms with E-state index in [4.69, 9.17) is 4.99 Å². The fourth-order valence-corrected chi connectivity index (χ4v) is 4.13. The highest BCUT2D eigenvalue weighted by molar-refractivity contribution is 5.81. The number of amides is 1. The number of aromatic nitrogens is 2. The van der Waals surface area contributed by atoms with Gasteiger partial charge in [-0.2, -0.15) is 5.10 Å². The van der Waals surface area contributed by atoms with Crippen LogP contribution in [0.1, 0.15) is 56.5 Å². The summed E-state index contributed by atoms with van der Waals surface area (Å²) in [6.45, 7) is 11.0. The van der Waals surface area contributed by atoms with Crippen LogP contribution < -0.4 is 10.6 Å². The van der Waals surface area contributed by atoms with Crippen LogP contribution in [0, 0.1) is 13.8 Å². The zero-order valence-electron chi connectivity index (χ0n) is 19.3. The second-order valence-corrected chi connectivity index (χ2v) is 8.27. The van der Waals surface area contributed by atoms with Crippen molar-refractivity contribution in [1.82, 2.24) is 25.3 Å². The van der Waals surface area contributed by atoms with Crippen LogP contribution in [0.25, 0.3) is 5.69 Å². The number of likely N-dealkylation sites (tertiary alicyclic amines) is 1. The van der Waals surface area contributed by atoms with E-state index in [0.29, 0.717) is 25.6 Å². The van der Waals surface area contributed by atoms with Crippen molar-refractivity contribution < 1.29 is 4.79 Å². The number of piperidine rings is 1. The summed E-state index contributed by atoms with van der Waals surface area (Å²) in [5, 5.41) is 11.2. The van der Waals surface area contributed by atoms with Gasteiger partial charge >= 0.3 is 0 Å². The maximum atomic E-state index is 12.6. The van der Waals surface area contributed by atoms with Gasteiger partial charge in [-0.3, -0.25) is 4.79 Å². The van der Waals surface area contributed by atoms with E-state index >= 15 is 0 Å². The summed E-state index contributed by atoms with van der Waals surface area (Å²) in [5.41, 5.74) is 4.24. The van der Waals surface area contributed by atoms with Crippen molar-refractivity contribution in [3.63, 3.8) is 0 Å². The van der Waals surface area contributed by atoms with Gasteiger partial charge in [0.15, 0.2) is 5.96 Å². The molecule has 3 rings (SSSR count). The van der Waals surface area contributed by atoms with E-state index in [2.05, 4.69) is 47.8 Å². The lowest BCUT2D eigenvalue weighted by atomic mass is 10.0. The highest BCUT2D eigenvalue weighted by atomic mass is 16.2. The molecule has 1 aromatic heterocycles. The average molecular weight is 425 g/mol. The Balaban J connectivity index is 1.62. The quantitative estimate of drug-likeness (QED) is 0.528. The van der Waals surface area contributed by atoms with Crippen molar-refractivity contribution in [2.24, 2.45) is 4.99 Å². The molecular weight excluding hydrogens is 388 g/mol. The largest absolute Gasteiger partial charge is 0.357 e. The van der Waals surface area contributed by atoms with Crippen LogP contribution in [0.5, 0.6) is 0 Å². The number of aryl methyl sites for hydroxylation is 2. The third-order valence-corrected chi connectivity index (χ3v) is 5.74. The zero-order chi connectivity index (χ0) is 22.2. The van der Waals surface area contributed by atoms with E-state index in [1.165, 1.54) is 6.42 Å². The van der Waals surface area contributed by atoms with Gasteiger partial charge in [0.2, 0.25) is 5.91 Å². The highest BCUT2D eigenvalue weighted by Gasteiger charge is 2.22. The number of carbonyl (C=O) groups is 1. The molecule has 2 heterocycles. The molecule has 1 atom stereocenters. The first-order valence-corrected chi connectivity index (χ1v) is 11.4. The first kappa shape index (κ1) is 22.8. The number of carbonyl (C=O) groups excluding carboxylic acids is 1. The van der Waals surface area contributed by atoms with E-state index in [1.807, 2.05) is 35.6 Å². The van der Waals surface area contributed by atoms with Crippen molar-refractivity contribution in [2.75, 3.05) is 19.6 Å². The monoisotopic (exact) mass is 424 g/mol. The van der Waals surface area contributed by atoms with Crippen LogP contribution in [0.2, 0.25) is 0 Å². The van der Waals surface area contributed by atoms with E-state index in [1.54, 1.807) is 0 Å². The first-order valence-electron chi connectivity index (χ1n) is 11.4. The Morgan fingerprint density at radius 3 is 2.74 bits per heavy atom. The predicted octanol–water partition coefficient (Wildman–Crippen LogP) is 3.34. The van der Waals surface area contributed by atoms with Crippen LogP contribution in [-0.4, -0.2) is 52.2 Å². The maximum absolute atomic E-state index is 12.6. The molecule has 1 fully saturated rings. The van der Waals surface area contributed by atoms with Crippen LogP contribution in [0.3, 0.4) is 0 Å². The number of hydrogen-bond acceptors (Lipinski definition) is 3. The number of benzene rings is 1. The number of para-hydroxylation sites is 1. The minimum Gasteiger partial charge on any atom is -0.357 e. The average Bonchev–Trinajstić information content (AvgIpc) is 3.10. The SMILES string of the molecule is CCNC(=NCc1ccccc1-n1nc(C)cc1C)NCCC(=O)N1CCCCC1C. The lowest BCUT2D eigenvalue weighted by Gasteiger charge is -2.33. The standard InChI is InChI=1S/C24H36N6O/c1-5-25-24(26-14-13-23(31)29-15-9-8-10-19(29)3)27-17-21-11-6-7-12-22(21)30-20(4)16-18(2)28-30/h6-7,11-12,16,19H,5,8-10,13-15,17H2,1-4H3,(H2,25,26,27). The van der Waals surface area contributed by atoms with Gasteiger partial charge < -0.3 is 15.5 Å². The molecule has 0 radical (unpaired) electrons. The highest BCUT2D eigenvalue weighted by Crippen LogP contribution is 2.18. The fourth-order valence-electron chi connectivity index (χ4n) is 4.13. The Bertz CT molecular complexity index is 903. The topological polar surface area (TPSA) is 74.5 Å². The lowest BCUT2D eigenvalue weighted by molar-refractivity contribution is -0.134. The maximum Gasteiger partial charge on any atom is 0.224 e. The molecule has 0 bridgehead atoms. The second-order valence-electron chi connectivity index (χ2n) is 8.27. The predicted molar refractivity (Wildman–Crippen MR) is 125 cm³/mol. The molecule has 1 aliphatic heterocycles. The third kappa shape index (κ3) is 6.09. The number of hydrogen-bond donors (Lipinski definition) is 2. The van der Waals surface area contributed by atoms with Gasteiger partial charge in [-0.15, -0.1) is 0 Å². The number of guanidine groups is 1. The van der Waals surface area contributed by atoms with Gasteiger partial charge in [0.1, 0.15) is 0 Å². The smallest absolute Gasteiger partial charge is 0.224 e. The zero-order valence-corrected chi connectivity index (χ0v) is 19.3. The van der Waals surface area contributed by atoms with E-state index in [9.17, 15) is 4.79 Å². The van der Waals surface area contributed by atoms with E-state index in [0.717, 1.165) is 54.5 Å². The second kappa shape index (κ2) is 11.0. The van der Waals surface area contributed by atoms with Gasteiger partial charge in [-0.1, -0.05) is 18.2 Å². The Morgan fingerprint density at radius 1 is 1.23 bits per heavy atom. The molecule has 1 unspecified atom stereocenters. The Hall–Kier alpha value is -2.83. The van der Waals surface area contributed by atoms with Gasteiger partial charge in [0.05, 0.1) is 17.9 Å². The Kier molecular flexibility index (Phi) is 8.09. The molecule has 168 valence electrons. The van der Waals surface area contributed by atoms with Crippen LogP contribution in [-0.2, 0) is 11.3 Å². The normalized spacial score (nSPS) is 17.0. The molecule has 0 saturated carbocycles. The molecule has 1 saturated heterocycles. The summed E-state index contributed by atoms with van der Waals surface area (Å²) < 4.78 is 1.97. The van der Waals surface area contributed by atoms with E-state index in [-0.39, 0.29) is 5.91 Å². The third-order valence-electron chi connectivity index (χ3n) is 5.74. The molecule has 1 aromatic carbocycles. The Morgan fingerprint density at radius 2 is 2.03 bits per heavy atom. The Labute approximate surface area is 185 Å². The minimum atomic E-state index is 0.227. The summed E-state index contributed by atoms with van der Waals surface area (Å²) in [6, 6.07) is 10.6. The van der Waals surface area contributed by atoms with Crippen LogP contribution >= 0.6 is 0 Å². The minimum absolute atomic E-state index is 0.227. The molecule has 7 nitrogen and oxygen atoms in total. The van der Waals surface area contributed by atoms with E-state index < -0.39 is 0 Å². The molecular formula is C24H36N6O. The summed E-state index contributed by atoms with van der Waals surface area (Å²) >= 11 is 0. The van der Waals surface area contributed by atoms with Gasteiger partial charge in [0, 0.05) is 37.8 Å². The summed E-state index contributed by atoms with van der Waals surface area (Å²) in [7, 11) is 0. The lowest BCUT2D eigenvalue weighted by Crippen LogP contribution is -2.44.